The number of rotatable bonds is 8. The van der Waals surface area contributed by atoms with Gasteiger partial charge in [-0.05, 0) is 61.8 Å². The molecule has 0 saturated heterocycles. The van der Waals surface area contributed by atoms with Crippen LogP contribution in [0.1, 0.15) is 70.2 Å². The van der Waals surface area contributed by atoms with Crippen molar-refractivity contribution in [1.82, 2.24) is 0 Å². The second-order valence-electron chi connectivity index (χ2n) is 7.13. The van der Waals surface area contributed by atoms with Gasteiger partial charge in [0.15, 0.2) is 0 Å². The summed E-state index contributed by atoms with van der Waals surface area (Å²) in [7, 11) is 0. The molecule has 2 aromatic rings. The zero-order chi connectivity index (χ0) is 19.8. The van der Waals surface area contributed by atoms with Crippen molar-refractivity contribution in [1.29, 1.82) is 0 Å². The predicted molar refractivity (Wildman–Crippen MR) is 121 cm³/mol. The molecule has 2 rings (SSSR count). The molecule has 0 heterocycles. The largest absolute Gasteiger partial charge is 0.257 e. The van der Waals surface area contributed by atoms with Crippen molar-refractivity contribution in [3.8, 4) is 0 Å². The summed E-state index contributed by atoms with van der Waals surface area (Å²) in [5, 5.41) is 0. The van der Waals surface area contributed by atoms with E-state index in [-0.39, 0.29) is 0 Å². The fraction of sp³-hybridized carbons (Fsp3) is 0.440. The Morgan fingerprint density at radius 1 is 0.593 bits per heavy atom. The van der Waals surface area contributed by atoms with Gasteiger partial charge >= 0.3 is 0 Å². The van der Waals surface area contributed by atoms with Gasteiger partial charge in [-0.25, -0.2) is 0 Å². The molecule has 144 valence electrons. The smallest absolute Gasteiger partial charge is 0.0692 e. The molecule has 0 radical (unpaired) electrons. The topological polar surface area (TPSA) is 24.7 Å². The van der Waals surface area contributed by atoms with E-state index < -0.39 is 0 Å². The highest BCUT2D eigenvalue weighted by molar-refractivity contribution is 6.04. The number of benzene rings is 2. The Kier molecular flexibility index (Phi) is 7.97. The van der Waals surface area contributed by atoms with Crippen molar-refractivity contribution in [3.63, 3.8) is 0 Å². The molecule has 0 atom stereocenters. The molecular formula is C25H34N2. The quantitative estimate of drug-likeness (QED) is 0.443. The number of para-hydroxylation sites is 2. The first-order valence-corrected chi connectivity index (χ1v) is 10.3. The van der Waals surface area contributed by atoms with E-state index in [2.05, 4.69) is 77.9 Å². The van der Waals surface area contributed by atoms with Crippen molar-refractivity contribution >= 4 is 22.8 Å². The normalized spacial score (nSPS) is 12.5. The number of aliphatic imine (C=N–C) groups is 2. The monoisotopic (exact) mass is 362 g/mol. The van der Waals surface area contributed by atoms with Gasteiger partial charge in [0.2, 0.25) is 0 Å². The maximum absolute atomic E-state index is 5.00. The Labute approximate surface area is 165 Å². The fourth-order valence-corrected chi connectivity index (χ4v) is 3.55. The summed E-state index contributed by atoms with van der Waals surface area (Å²) in [6, 6.07) is 13.1. The van der Waals surface area contributed by atoms with Crippen molar-refractivity contribution < 1.29 is 0 Å². The first-order chi connectivity index (χ1) is 13.0. The van der Waals surface area contributed by atoms with Crippen molar-refractivity contribution in [2.24, 2.45) is 9.98 Å². The highest BCUT2D eigenvalue weighted by atomic mass is 14.8. The van der Waals surface area contributed by atoms with E-state index in [1.54, 1.807) is 0 Å². The Hall–Kier alpha value is -2.22. The lowest BCUT2D eigenvalue weighted by atomic mass is 10.0. The van der Waals surface area contributed by atoms with E-state index in [4.69, 9.17) is 9.98 Å². The van der Waals surface area contributed by atoms with Crippen LogP contribution in [0.4, 0.5) is 11.4 Å². The molecule has 0 fully saturated rings. The van der Waals surface area contributed by atoms with Crippen LogP contribution in [0.2, 0.25) is 0 Å². The average Bonchev–Trinajstić information content (AvgIpc) is 2.67. The summed E-state index contributed by atoms with van der Waals surface area (Å²) in [5.41, 5.74) is 9.88. The molecule has 2 aromatic carbocycles. The third-order valence-electron chi connectivity index (χ3n) is 5.05. The second-order valence-corrected chi connectivity index (χ2v) is 7.13. The van der Waals surface area contributed by atoms with E-state index >= 15 is 0 Å². The highest BCUT2D eigenvalue weighted by Gasteiger charge is 2.08. The minimum absolute atomic E-state index is 0.808. The number of nitrogens with zero attached hydrogens (tertiary/aromatic N) is 2. The summed E-state index contributed by atoms with van der Waals surface area (Å²) in [4.78, 5) is 10.0. The van der Waals surface area contributed by atoms with Crippen molar-refractivity contribution in [2.45, 2.75) is 73.6 Å². The lowest BCUT2D eigenvalue weighted by Crippen LogP contribution is -2.02. The minimum atomic E-state index is 0.808. The molecule has 0 N–H and O–H groups in total. The molecule has 0 saturated carbocycles. The van der Waals surface area contributed by atoms with Gasteiger partial charge in [-0.3, -0.25) is 9.98 Å². The summed E-state index contributed by atoms with van der Waals surface area (Å²) in [6.45, 7) is 13.0. The second kappa shape index (κ2) is 10.2. The zero-order valence-corrected chi connectivity index (χ0v) is 17.9. The molecule has 0 aromatic heterocycles. The SMILES string of the molecule is CCc1cccc(CC)c1N=C(C)CC(C)=Nc1c(CC)cccc1CC. The van der Waals surface area contributed by atoms with Gasteiger partial charge in [0.25, 0.3) is 0 Å². The number of hydrogen-bond donors (Lipinski definition) is 0. The molecule has 0 aliphatic rings. The summed E-state index contributed by atoms with van der Waals surface area (Å²) >= 11 is 0. The van der Waals surface area contributed by atoms with Gasteiger partial charge < -0.3 is 0 Å². The van der Waals surface area contributed by atoms with Crippen LogP contribution < -0.4 is 0 Å². The molecule has 0 unspecified atom stereocenters. The Morgan fingerprint density at radius 2 is 0.889 bits per heavy atom. The summed E-state index contributed by atoms with van der Waals surface area (Å²) < 4.78 is 0. The van der Waals surface area contributed by atoms with Gasteiger partial charge in [0, 0.05) is 17.8 Å². The number of aryl methyl sites for hydroxylation is 4. The van der Waals surface area contributed by atoms with Crippen LogP contribution in [0.3, 0.4) is 0 Å². The van der Waals surface area contributed by atoms with E-state index in [1.165, 1.54) is 22.3 Å². The molecule has 0 bridgehead atoms. The molecule has 0 aliphatic carbocycles. The Balaban J connectivity index is 2.33. The van der Waals surface area contributed by atoms with Crippen LogP contribution in [0.25, 0.3) is 0 Å². The van der Waals surface area contributed by atoms with Crippen LogP contribution in [-0.4, -0.2) is 11.4 Å². The Morgan fingerprint density at radius 3 is 1.15 bits per heavy atom. The third-order valence-corrected chi connectivity index (χ3v) is 5.05. The molecule has 0 amide bonds. The van der Waals surface area contributed by atoms with Gasteiger partial charge in [-0.15, -0.1) is 0 Å². The lowest BCUT2D eigenvalue weighted by molar-refractivity contribution is 1.07. The van der Waals surface area contributed by atoms with E-state index in [0.717, 1.165) is 54.9 Å². The molecule has 2 nitrogen and oxygen atoms in total. The summed E-state index contributed by atoms with van der Waals surface area (Å²) in [5.74, 6) is 0. The summed E-state index contributed by atoms with van der Waals surface area (Å²) in [6.07, 6.45) is 4.85. The van der Waals surface area contributed by atoms with E-state index in [9.17, 15) is 0 Å². The maximum Gasteiger partial charge on any atom is 0.0692 e. The fourth-order valence-electron chi connectivity index (χ4n) is 3.55. The van der Waals surface area contributed by atoms with Crippen molar-refractivity contribution in [3.05, 3.63) is 58.7 Å². The van der Waals surface area contributed by atoms with Crippen molar-refractivity contribution in [2.75, 3.05) is 0 Å². The standard InChI is InChI=1S/C25H34N2/c1-7-20-13-11-14-21(8-2)24(20)26-18(5)17-19(6)27-25-22(9-3)15-12-16-23(25)10-4/h11-16H,7-10,17H2,1-6H3. The van der Waals surface area contributed by atoms with Gasteiger partial charge in [0.05, 0.1) is 11.4 Å². The van der Waals surface area contributed by atoms with Crippen LogP contribution in [-0.2, 0) is 25.7 Å². The first-order valence-electron chi connectivity index (χ1n) is 10.3. The van der Waals surface area contributed by atoms with Crippen LogP contribution in [0.15, 0.2) is 46.4 Å². The van der Waals surface area contributed by atoms with E-state index in [1.807, 2.05) is 0 Å². The van der Waals surface area contributed by atoms with Gasteiger partial charge in [0.1, 0.15) is 0 Å². The molecule has 0 aliphatic heterocycles. The molecule has 2 heteroatoms. The predicted octanol–water partition coefficient (Wildman–Crippen LogP) is 7.21. The van der Waals surface area contributed by atoms with Crippen LogP contribution >= 0.6 is 0 Å². The van der Waals surface area contributed by atoms with Crippen LogP contribution in [0, 0.1) is 0 Å². The maximum atomic E-state index is 5.00. The minimum Gasteiger partial charge on any atom is -0.257 e. The number of hydrogen-bond acceptors (Lipinski definition) is 2. The van der Waals surface area contributed by atoms with E-state index in [0.29, 0.717) is 0 Å². The third kappa shape index (κ3) is 5.38. The zero-order valence-electron chi connectivity index (χ0n) is 17.9. The Bertz CT molecular complexity index is 714. The average molecular weight is 363 g/mol. The lowest BCUT2D eigenvalue weighted by Gasteiger charge is -2.12. The van der Waals surface area contributed by atoms with Gasteiger partial charge in [-0.2, -0.15) is 0 Å². The van der Waals surface area contributed by atoms with Gasteiger partial charge in [-0.1, -0.05) is 64.1 Å². The molecule has 27 heavy (non-hydrogen) atoms. The highest BCUT2D eigenvalue weighted by Crippen LogP contribution is 2.28. The first kappa shape index (κ1) is 21.1. The molecular weight excluding hydrogens is 328 g/mol. The molecule has 0 spiro atoms. The van der Waals surface area contributed by atoms with Crippen LogP contribution in [0.5, 0.6) is 0 Å².